The van der Waals surface area contributed by atoms with Gasteiger partial charge in [0.05, 0.1) is 11.1 Å². The SMILES string of the molecule is CCc1c(-c2ccccc2)c(=O)[nH]c2cc(N(CC)CC)ccc12. The molecule has 0 saturated carbocycles. The molecule has 1 N–H and O–H groups in total. The Labute approximate surface area is 143 Å². The minimum atomic E-state index is -0.0118. The van der Waals surface area contributed by atoms with E-state index in [1.54, 1.807) is 0 Å². The number of pyridine rings is 1. The van der Waals surface area contributed by atoms with E-state index in [1.165, 1.54) is 0 Å². The van der Waals surface area contributed by atoms with Crippen LogP contribution in [0.3, 0.4) is 0 Å². The molecule has 124 valence electrons. The number of aromatic nitrogens is 1. The molecule has 3 aromatic rings. The van der Waals surface area contributed by atoms with Gasteiger partial charge in [-0.15, -0.1) is 0 Å². The highest BCUT2D eigenvalue weighted by Crippen LogP contribution is 2.29. The number of aryl methyl sites for hydroxylation is 1. The lowest BCUT2D eigenvalue weighted by Gasteiger charge is -2.22. The first kappa shape index (κ1) is 16.3. The molecule has 24 heavy (non-hydrogen) atoms. The third-order valence-corrected chi connectivity index (χ3v) is 4.65. The van der Waals surface area contributed by atoms with Crippen molar-refractivity contribution in [2.24, 2.45) is 0 Å². The maximum absolute atomic E-state index is 12.8. The van der Waals surface area contributed by atoms with Crippen LogP contribution in [-0.2, 0) is 6.42 Å². The lowest BCUT2D eigenvalue weighted by Crippen LogP contribution is -2.22. The van der Waals surface area contributed by atoms with Crippen molar-refractivity contribution >= 4 is 16.6 Å². The Kier molecular flexibility index (Phi) is 4.70. The molecule has 1 heterocycles. The molecule has 0 aliphatic carbocycles. The van der Waals surface area contributed by atoms with E-state index in [2.05, 4.69) is 48.9 Å². The fourth-order valence-corrected chi connectivity index (χ4v) is 3.42. The lowest BCUT2D eigenvalue weighted by atomic mass is 9.95. The summed E-state index contributed by atoms with van der Waals surface area (Å²) in [5, 5.41) is 1.13. The van der Waals surface area contributed by atoms with Gasteiger partial charge in [-0.2, -0.15) is 0 Å². The average Bonchev–Trinajstić information content (AvgIpc) is 2.62. The van der Waals surface area contributed by atoms with E-state index in [-0.39, 0.29) is 5.56 Å². The minimum Gasteiger partial charge on any atom is -0.372 e. The van der Waals surface area contributed by atoms with Gasteiger partial charge in [0, 0.05) is 24.2 Å². The van der Waals surface area contributed by atoms with Crippen LogP contribution in [0.5, 0.6) is 0 Å². The topological polar surface area (TPSA) is 36.1 Å². The van der Waals surface area contributed by atoms with Crippen molar-refractivity contribution in [3.63, 3.8) is 0 Å². The van der Waals surface area contributed by atoms with Crippen LogP contribution in [0, 0.1) is 0 Å². The van der Waals surface area contributed by atoms with E-state index in [4.69, 9.17) is 0 Å². The highest BCUT2D eigenvalue weighted by Gasteiger charge is 2.14. The molecule has 0 unspecified atom stereocenters. The van der Waals surface area contributed by atoms with Crippen LogP contribution in [0.15, 0.2) is 53.3 Å². The van der Waals surface area contributed by atoms with Crippen molar-refractivity contribution in [2.45, 2.75) is 27.2 Å². The van der Waals surface area contributed by atoms with Crippen LogP contribution in [-0.4, -0.2) is 18.1 Å². The lowest BCUT2D eigenvalue weighted by molar-refractivity contribution is 0.867. The van der Waals surface area contributed by atoms with Gasteiger partial charge in [0.2, 0.25) is 0 Å². The highest BCUT2D eigenvalue weighted by atomic mass is 16.1. The van der Waals surface area contributed by atoms with Crippen LogP contribution in [0.25, 0.3) is 22.0 Å². The zero-order valence-corrected chi connectivity index (χ0v) is 14.6. The highest BCUT2D eigenvalue weighted by molar-refractivity contribution is 5.90. The number of nitrogens with one attached hydrogen (secondary N) is 1. The summed E-state index contributed by atoms with van der Waals surface area (Å²) < 4.78 is 0. The third kappa shape index (κ3) is 2.82. The number of hydrogen-bond donors (Lipinski definition) is 1. The Morgan fingerprint density at radius 1 is 0.958 bits per heavy atom. The van der Waals surface area contributed by atoms with Crippen molar-refractivity contribution in [3.05, 3.63) is 64.4 Å². The molecule has 3 nitrogen and oxygen atoms in total. The van der Waals surface area contributed by atoms with Gasteiger partial charge in [0.1, 0.15) is 0 Å². The molecule has 0 saturated heterocycles. The van der Waals surface area contributed by atoms with Crippen LogP contribution in [0.2, 0.25) is 0 Å². The standard InChI is InChI=1S/C21H24N2O/c1-4-17-18-13-12-16(23(5-2)6-3)14-19(18)22-21(24)20(17)15-10-8-7-9-11-15/h7-14H,4-6H2,1-3H3,(H,22,24). The number of anilines is 1. The normalized spacial score (nSPS) is 11.0. The van der Waals surface area contributed by atoms with E-state index in [0.717, 1.165) is 52.8 Å². The quantitative estimate of drug-likeness (QED) is 0.745. The number of nitrogens with zero attached hydrogens (tertiary/aromatic N) is 1. The maximum Gasteiger partial charge on any atom is 0.256 e. The molecule has 0 aliphatic rings. The van der Waals surface area contributed by atoms with E-state index in [0.29, 0.717) is 0 Å². The zero-order valence-electron chi connectivity index (χ0n) is 14.6. The van der Waals surface area contributed by atoms with Gasteiger partial charge in [-0.1, -0.05) is 43.3 Å². The number of aromatic amines is 1. The third-order valence-electron chi connectivity index (χ3n) is 4.65. The smallest absolute Gasteiger partial charge is 0.256 e. The number of rotatable bonds is 5. The molecule has 3 heteroatoms. The molecule has 0 spiro atoms. The summed E-state index contributed by atoms with van der Waals surface area (Å²) in [4.78, 5) is 18.1. The maximum atomic E-state index is 12.8. The molecule has 0 fully saturated rings. The van der Waals surface area contributed by atoms with Gasteiger partial charge in [0.25, 0.3) is 5.56 Å². The van der Waals surface area contributed by atoms with Crippen molar-refractivity contribution in [3.8, 4) is 11.1 Å². The van der Waals surface area contributed by atoms with Gasteiger partial charge in [-0.05, 0) is 43.5 Å². The predicted molar refractivity (Wildman–Crippen MR) is 103 cm³/mol. The molecular weight excluding hydrogens is 296 g/mol. The van der Waals surface area contributed by atoms with E-state index in [1.807, 2.05) is 30.3 Å². The summed E-state index contributed by atoms with van der Waals surface area (Å²) in [6.07, 6.45) is 0.829. The fourth-order valence-electron chi connectivity index (χ4n) is 3.42. The largest absolute Gasteiger partial charge is 0.372 e. The van der Waals surface area contributed by atoms with Crippen LogP contribution >= 0.6 is 0 Å². The molecule has 1 aromatic heterocycles. The number of benzene rings is 2. The number of fused-ring (bicyclic) bond motifs is 1. The molecule has 0 aliphatic heterocycles. The first-order valence-electron chi connectivity index (χ1n) is 8.68. The molecule has 3 rings (SSSR count). The number of H-pyrrole nitrogens is 1. The zero-order chi connectivity index (χ0) is 17.1. The summed E-state index contributed by atoms with van der Waals surface area (Å²) in [5.74, 6) is 0. The Balaban J connectivity index is 2.25. The molecule has 0 amide bonds. The van der Waals surface area contributed by atoms with Gasteiger partial charge >= 0.3 is 0 Å². The fraction of sp³-hybridized carbons (Fsp3) is 0.286. The van der Waals surface area contributed by atoms with Crippen LogP contribution < -0.4 is 10.5 Å². The van der Waals surface area contributed by atoms with E-state index >= 15 is 0 Å². The second-order valence-corrected chi connectivity index (χ2v) is 5.93. The van der Waals surface area contributed by atoms with E-state index < -0.39 is 0 Å². The van der Waals surface area contributed by atoms with Crippen molar-refractivity contribution in [2.75, 3.05) is 18.0 Å². The minimum absolute atomic E-state index is 0.0118. The van der Waals surface area contributed by atoms with Gasteiger partial charge < -0.3 is 9.88 Å². The van der Waals surface area contributed by atoms with Crippen LogP contribution in [0.1, 0.15) is 26.3 Å². The first-order chi connectivity index (χ1) is 11.7. The Morgan fingerprint density at radius 3 is 2.29 bits per heavy atom. The van der Waals surface area contributed by atoms with Crippen molar-refractivity contribution < 1.29 is 0 Å². The van der Waals surface area contributed by atoms with E-state index in [9.17, 15) is 4.79 Å². The second-order valence-electron chi connectivity index (χ2n) is 5.93. The van der Waals surface area contributed by atoms with Gasteiger partial charge in [0.15, 0.2) is 0 Å². The van der Waals surface area contributed by atoms with Crippen LogP contribution in [0.4, 0.5) is 5.69 Å². The Hall–Kier alpha value is -2.55. The van der Waals surface area contributed by atoms with Crippen molar-refractivity contribution in [1.82, 2.24) is 4.98 Å². The molecule has 2 aromatic carbocycles. The molecule has 0 radical (unpaired) electrons. The molecular formula is C21H24N2O. The Bertz CT molecular complexity index is 893. The number of hydrogen-bond acceptors (Lipinski definition) is 2. The summed E-state index contributed by atoms with van der Waals surface area (Å²) in [5.41, 5.74) is 4.94. The van der Waals surface area contributed by atoms with Gasteiger partial charge in [-0.3, -0.25) is 4.79 Å². The van der Waals surface area contributed by atoms with Crippen molar-refractivity contribution in [1.29, 1.82) is 0 Å². The molecule has 0 atom stereocenters. The summed E-state index contributed by atoms with van der Waals surface area (Å²) in [7, 11) is 0. The molecule has 0 bridgehead atoms. The average molecular weight is 320 g/mol. The predicted octanol–water partition coefficient (Wildman–Crippen LogP) is 4.60. The first-order valence-corrected chi connectivity index (χ1v) is 8.68. The summed E-state index contributed by atoms with van der Waals surface area (Å²) >= 11 is 0. The summed E-state index contributed by atoms with van der Waals surface area (Å²) in [6, 6.07) is 16.3. The second kappa shape index (κ2) is 6.91. The van der Waals surface area contributed by atoms with Gasteiger partial charge in [-0.25, -0.2) is 0 Å². The monoisotopic (exact) mass is 320 g/mol. The Morgan fingerprint density at radius 2 is 1.67 bits per heavy atom. The summed E-state index contributed by atoms with van der Waals surface area (Å²) in [6.45, 7) is 8.31.